The summed E-state index contributed by atoms with van der Waals surface area (Å²) in [5.74, 6) is -0.298. The Morgan fingerprint density at radius 2 is 1.92 bits per heavy atom. The van der Waals surface area contributed by atoms with Crippen LogP contribution in [0.2, 0.25) is 0 Å². The van der Waals surface area contributed by atoms with Gasteiger partial charge in [-0.3, -0.25) is 10.1 Å². The number of carbonyl (C=O) groups excluding carboxylic acids is 1. The molecular formula is C16H13BrN2O3S2. The van der Waals surface area contributed by atoms with Crippen LogP contribution in [-0.4, -0.2) is 25.1 Å². The number of carbonyl (C=O) groups is 1. The van der Waals surface area contributed by atoms with Crippen molar-refractivity contribution in [1.82, 2.24) is 4.98 Å². The lowest BCUT2D eigenvalue weighted by Crippen LogP contribution is -2.12. The molecule has 24 heavy (non-hydrogen) atoms. The highest BCUT2D eigenvalue weighted by atomic mass is 79.9. The number of amides is 1. The number of rotatable bonds is 4. The number of benzene rings is 2. The van der Waals surface area contributed by atoms with Crippen LogP contribution >= 0.6 is 27.3 Å². The molecule has 1 heterocycles. The fourth-order valence-electron chi connectivity index (χ4n) is 2.10. The van der Waals surface area contributed by atoms with Crippen molar-refractivity contribution >= 4 is 58.4 Å². The normalized spacial score (nSPS) is 11.6. The highest BCUT2D eigenvalue weighted by Gasteiger charge is 2.14. The lowest BCUT2D eigenvalue weighted by Gasteiger charge is -2.04. The first-order valence-corrected chi connectivity index (χ1v) is 10.4. The van der Waals surface area contributed by atoms with Crippen LogP contribution in [0.1, 0.15) is 17.3 Å². The third-order valence-corrected chi connectivity index (χ3v) is 6.60. The van der Waals surface area contributed by atoms with Crippen LogP contribution in [0.5, 0.6) is 0 Å². The fourth-order valence-corrected chi connectivity index (χ4v) is 4.40. The van der Waals surface area contributed by atoms with Crippen molar-refractivity contribution in [2.45, 2.75) is 11.8 Å². The summed E-state index contributed by atoms with van der Waals surface area (Å²) in [5, 5.41) is 3.24. The third kappa shape index (κ3) is 3.50. The standard InChI is InChI=1S/C16H13BrN2O3S2/c1-2-24(21,22)12-6-3-10(4-7-12)15(20)19-16-18-13-8-5-11(17)9-14(13)23-16/h3-9H,2H2,1H3,(H,18,19,20). The highest BCUT2D eigenvalue weighted by molar-refractivity contribution is 9.10. The van der Waals surface area contributed by atoms with Crippen LogP contribution in [0.4, 0.5) is 5.13 Å². The molecule has 0 spiro atoms. The van der Waals surface area contributed by atoms with Crippen LogP contribution in [0.25, 0.3) is 10.2 Å². The molecule has 8 heteroatoms. The lowest BCUT2D eigenvalue weighted by molar-refractivity contribution is 0.102. The largest absolute Gasteiger partial charge is 0.298 e. The highest BCUT2D eigenvalue weighted by Crippen LogP contribution is 2.28. The summed E-state index contributed by atoms with van der Waals surface area (Å²) in [6.45, 7) is 1.58. The van der Waals surface area contributed by atoms with Gasteiger partial charge in [-0.05, 0) is 42.5 Å². The van der Waals surface area contributed by atoms with Crippen LogP contribution in [0.15, 0.2) is 51.8 Å². The van der Waals surface area contributed by atoms with E-state index in [-0.39, 0.29) is 16.6 Å². The number of thiazole rings is 1. The summed E-state index contributed by atoms with van der Waals surface area (Å²) in [5.41, 5.74) is 1.19. The Morgan fingerprint density at radius 1 is 1.21 bits per heavy atom. The van der Waals surface area contributed by atoms with E-state index >= 15 is 0 Å². The molecule has 3 aromatic rings. The van der Waals surface area contributed by atoms with Crippen molar-refractivity contribution in [3.63, 3.8) is 0 Å². The van der Waals surface area contributed by atoms with Gasteiger partial charge in [0.25, 0.3) is 5.91 Å². The monoisotopic (exact) mass is 424 g/mol. The third-order valence-electron chi connectivity index (χ3n) is 3.43. The maximum absolute atomic E-state index is 12.3. The Hall–Kier alpha value is -1.77. The smallest absolute Gasteiger partial charge is 0.257 e. The van der Waals surface area contributed by atoms with Gasteiger partial charge < -0.3 is 0 Å². The van der Waals surface area contributed by atoms with E-state index in [0.717, 1.165) is 14.7 Å². The SMILES string of the molecule is CCS(=O)(=O)c1ccc(C(=O)Nc2nc3ccc(Br)cc3s2)cc1. The van der Waals surface area contributed by atoms with Gasteiger partial charge in [-0.1, -0.05) is 34.2 Å². The van der Waals surface area contributed by atoms with Crippen molar-refractivity contribution in [3.05, 3.63) is 52.5 Å². The number of sulfone groups is 1. The lowest BCUT2D eigenvalue weighted by atomic mass is 10.2. The zero-order valence-corrected chi connectivity index (χ0v) is 15.8. The molecule has 0 saturated carbocycles. The van der Waals surface area contributed by atoms with Crippen molar-refractivity contribution in [3.8, 4) is 0 Å². The van der Waals surface area contributed by atoms with Crippen molar-refractivity contribution in [2.24, 2.45) is 0 Å². The molecule has 124 valence electrons. The molecule has 5 nitrogen and oxygen atoms in total. The molecule has 1 N–H and O–H groups in total. The summed E-state index contributed by atoms with van der Waals surface area (Å²) in [6, 6.07) is 11.6. The summed E-state index contributed by atoms with van der Waals surface area (Å²) >= 11 is 4.78. The van der Waals surface area contributed by atoms with E-state index in [1.54, 1.807) is 6.92 Å². The van der Waals surface area contributed by atoms with Gasteiger partial charge in [-0.25, -0.2) is 13.4 Å². The molecule has 0 aliphatic rings. The van der Waals surface area contributed by atoms with Crippen molar-refractivity contribution in [2.75, 3.05) is 11.1 Å². The number of nitrogens with zero attached hydrogens (tertiary/aromatic N) is 1. The van der Waals surface area contributed by atoms with Gasteiger partial charge in [-0.2, -0.15) is 0 Å². The molecule has 3 rings (SSSR count). The minimum atomic E-state index is -3.27. The summed E-state index contributed by atoms with van der Waals surface area (Å²) in [6.07, 6.45) is 0. The predicted octanol–water partition coefficient (Wildman–Crippen LogP) is 4.10. The zero-order valence-electron chi connectivity index (χ0n) is 12.6. The van der Waals surface area contributed by atoms with E-state index in [4.69, 9.17) is 0 Å². The van der Waals surface area contributed by atoms with Gasteiger partial charge in [0.1, 0.15) is 0 Å². The van der Waals surface area contributed by atoms with Crippen molar-refractivity contribution in [1.29, 1.82) is 0 Å². The van der Waals surface area contributed by atoms with Gasteiger partial charge in [0, 0.05) is 10.0 Å². The molecular weight excluding hydrogens is 412 g/mol. The van der Waals surface area contributed by atoms with E-state index in [9.17, 15) is 13.2 Å². The first kappa shape index (κ1) is 17.1. The number of nitrogens with one attached hydrogen (secondary N) is 1. The molecule has 0 atom stereocenters. The second kappa shape index (κ2) is 6.62. The van der Waals surface area contributed by atoms with Crippen LogP contribution < -0.4 is 5.32 Å². The molecule has 0 aliphatic heterocycles. The van der Waals surface area contributed by atoms with Gasteiger partial charge >= 0.3 is 0 Å². The van der Waals surface area contributed by atoms with E-state index in [1.807, 2.05) is 18.2 Å². The number of fused-ring (bicyclic) bond motifs is 1. The van der Waals surface area contributed by atoms with E-state index in [2.05, 4.69) is 26.2 Å². The first-order chi connectivity index (χ1) is 11.4. The first-order valence-electron chi connectivity index (χ1n) is 7.09. The van der Waals surface area contributed by atoms with Gasteiger partial charge in [0.2, 0.25) is 0 Å². The number of anilines is 1. The Bertz CT molecular complexity index is 1010. The topological polar surface area (TPSA) is 76.1 Å². The van der Waals surface area contributed by atoms with Crippen LogP contribution in [0, 0.1) is 0 Å². The fraction of sp³-hybridized carbons (Fsp3) is 0.125. The van der Waals surface area contributed by atoms with Crippen molar-refractivity contribution < 1.29 is 13.2 Å². The average molecular weight is 425 g/mol. The molecule has 0 bridgehead atoms. The Balaban J connectivity index is 1.81. The molecule has 0 saturated heterocycles. The number of aromatic nitrogens is 1. The summed E-state index contributed by atoms with van der Waals surface area (Å²) in [7, 11) is -3.27. The minimum Gasteiger partial charge on any atom is -0.298 e. The second-order valence-corrected chi connectivity index (χ2v) is 9.24. The van der Waals surface area contributed by atoms with E-state index in [1.165, 1.54) is 35.6 Å². The van der Waals surface area contributed by atoms with Gasteiger partial charge in [0.05, 0.1) is 20.9 Å². The van der Waals surface area contributed by atoms with Crippen LogP contribution in [-0.2, 0) is 9.84 Å². The summed E-state index contributed by atoms with van der Waals surface area (Å²) in [4.78, 5) is 16.9. The number of hydrogen-bond acceptors (Lipinski definition) is 5. The Labute approximate surface area is 151 Å². The molecule has 2 aromatic carbocycles. The minimum absolute atomic E-state index is 0.0276. The molecule has 1 amide bonds. The molecule has 0 fully saturated rings. The quantitative estimate of drug-likeness (QED) is 0.683. The van der Waals surface area contributed by atoms with Gasteiger partial charge in [0.15, 0.2) is 15.0 Å². The second-order valence-electron chi connectivity index (χ2n) is 5.01. The number of halogens is 1. The average Bonchev–Trinajstić information content (AvgIpc) is 2.96. The maximum atomic E-state index is 12.3. The van der Waals surface area contributed by atoms with E-state index in [0.29, 0.717) is 10.7 Å². The van der Waals surface area contributed by atoms with Crippen LogP contribution in [0.3, 0.4) is 0 Å². The molecule has 0 aliphatic carbocycles. The number of hydrogen-bond donors (Lipinski definition) is 1. The zero-order chi connectivity index (χ0) is 17.3. The van der Waals surface area contributed by atoms with Gasteiger partial charge in [-0.15, -0.1) is 0 Å². The Morgan fingerprint density at radius 3 is 2.58 bits per heavy atom. The molecule has 1 aromatic heterocycles. The predicted molar refractivity (Wildman–Crippen MR) is 99.4 cm³/mol. The molecule has 0 radical (unpaired) electrons. The Kier molecular flexibility index (Phi) is 4.71. The van der Waals surface area contributed by atoms with E-state index < -0.39 is 9.84 Å². The molecule has 0 unspecified atom stereocenters. The maximum Gasteiger partial charge on any atom is 0.257 e. The summed E-state index contributed by atoms with van der Waals surface area (Å²) < 4.78 is 25.5.